The zero-order chi connectivity index (χ0) is 22.4. The Morgan fingerprint density at radius 2 is 1.97 bits per heavy atom. The van der Waals surface area contributed by atoms with Gasteiger partial charge in [-0.15, -0.1) is 0 Å². The maximum atomic E-state index is 12.9. The first-order chi connectivity index (χ1) is 14.8. The summed E-state index contributed by atoms with van der Waals surface area (Å²) < 4.78 is 37.7. The number of morpholine rings is 1. The van der Waals surface area contributed by atoms with Gasteiger partial charge in [0.2, 0.25) is 15.9 Å². The topological polar surface area (TPSA) is 128 Å². The molecule has 1 fully saturated rings. The van der Waals surface area contributed by atoms with E-state index in [9.17, 15) is 23.3 Å². The van der Waals surface area contributed by atoms with Crippen LogP contribution in [0.25, 0.3) is 0 Å². The van der Waals surface area contributed by atoms with Crippen LogP contribution in [0.1, 0.15) is 12.0 Å². The lowest BCUT2D eigenvalue weighted by atomic mass is 10.1. The lowest BCUT2D eigenvalue weighted by Gasteiger charge is -2.26. The molecule has 2 aromatic rings. The van der Waals surface area contributed by atoms with Crippen LogP contribution < -0.4 is 10.1 Å². The molecule has 1 aliphatic heterocycles. The van der Waals surface area contributed by atoms with Gasteiger partial charge >= 0.3 is 0 Å². The van der Waals surface area contributed by atoms with Crippen LogP contribution in [-0.2, 0) is 26.0 Å². The Morgan fingerprint density at radius 1 is 1.23 bits per heavy atom. The summed E-state index contributed by atoms with van der Waals surface area (Å²) in [6.45, 7) is 1.27. The number of ether oxygens (including phenoxy) is 2. The average Bonchev–Trinajstić information content (AvgIpc) is 2.78. The van der Waals surface area contributed by atoms with Crippen molar-refractivity contribution in [3.8, 4) is 5.75 Å². The Morgan fingerprint density at radius 3 is 2.65 bits per heavy atom. The van der Waals surface area contributed by atoms with Crippen LogP contribution >= 0.6 is 0 Å². The van der Waals surface area contributed by atoms with Crippen LogP contribution in [0.15, 0.2) is 47.4 Å². The summed E-state index contributed by atoms with van der Waals surface area (Å²) in [6.07, 6.45) is 0.274. The van der Waals surface area contributed by atoms with Crippen LogP contribution in [-0.4, -0.2) is 57.0 Å². The van der Waals surface area contributed by atoms with E-state index in [0.717, 1.165) is 0 Å². The quantitative estimate of drug-likeness (QED) is 0.483. The van der Waals surface area contributed by atoms with Gasteiger partial charge in [-0.1, -0.05) is 6.07 Å². The molecule has 3 rings (SSSR count). The molecule has 10 nitrogen and oxygen atoms in total. The number of nitrogens with one attached hydrogen (secondary N) is 1. The molecule has 0 saturated carbocycles. The standard InChI is InChI=1S/C20H23N3O7S/c1-29-19-7-6-18(31(27,28)22-9-11-30-12-10-22)13-15(19)5-8-20(24)21-16-3-2-4-17(14-16)23(25)26/h2-4,6-7,13-14H,5,8-12H2,1H3,(H,21,24). The zero-order valence-corrected chi connectivity index (χ0v) is 17.8. The number of amides is 1. The third kappa shape index (κ3) is 5.57. The minimum Gasteiger partial charge on any atom is -0.496 e. The predicted octanol–water partition coefficient (Wildman–Crippen LogP) is 2.20. The number of carbonyl (C=O) groups excluding carboxylic acids is 1. The van der Waals surface area contributed by atoms with Gasteiger partial charge in [-0.3, -0.25) is 14.9 Å². The fraction of sp³-hybridized carbons (Fsp3) is 0.350. The van der Waals surface area contributed by atoms with Crippen molar-refractivity contribution in [1.29, 1.82) is 0 Å². The first kappa shape index (κ1) is 22.7. The van der Waals surface area contributed by atoms with Crippen LogP contribution in [0.2, 0.25) is 0 Å². The first-order valence-corrected chi connectivity index (χ1v) is 11.0. The highest BCUT2D eigenvalue weighted by Gasteiger charge is 2.27. The van der Waals surface area contributed by atoms with Crippen molar-refractivity contribution >= 4 is 27.3 Å². The molecular formula is C20H23N3O7S. The molecule has 0 spiro atoms. The number of benzene rings is 2. The Hall–Kier alpha value is -3.02. The second kappa shape index (κ2) is 9.86. The number of anilines is 1. The molecule has 1 N–H and O–H groups in total. The largest absolute Gasteiger partial charge is 0.496 e. The van der Waals surface area contributed by atoms with Gasteiger partial charge in [-0.2, -0.15) is 4.31 Å². The minimum atomic E-state index is -3.68. The molecule has 0 aromatic heterocycles. The van der Waals surface area contributed by atoms with Gasteiger partial charge in [0.25, 0.3) is 5.69 Å². The molecule has 0 unspecified atom stereocenters. The van der Waals surface area contributed by atoms with Crippen molar-refractivity contribution < 1.29 is 27.6 Å². The highest BCUT2D eigenvalue weighted by atomic mass is 32.2. The number of non-ortho nitro benzene ring substituents is 1. The van der Waals surface area contributed by atoms with Gasteiger partial charge in [0.05, 0.1) is 30.1 Å². The summed E-state index contributed by atoms with van der Waals surface area (Å²) in [7, 11) is -2.21. The lowest BCUT2D eigenvalue weighted by Crippen LogP contribution is -2.40. The zero-order valence-electron chi connectivity index (χ0n) is 16.9. The van der Waals surface area contributed by atoms with Gasteiger partial charge in [-0.05, 0) is 36.2 Å². The van der Waals surface area contributed by atoms with Crippen LogP contribution in [0.4, 0.5) is 11.4 Å². The van der Waals surface area contributed by atoms with Crippen molar-refractivity contribution in [1.82, 2.24) is 4.31 Å². The normalized spacial score (nSPS) is 14.7. The number of nitrogens with zero attached hydrogens (tertiary/aromatic N) is 2. The Balaban J connectivity index is 1.72. The van der Waals surface area contributed by atoms with Crippen molar-refractivity contribution in [3.63, 3.8) is 0 Å². The predicted molar refractivity (Wildman–Crippen MR) is 113 cm³/mol. The van der Waals surface area contributed by atoms with Crippen molar-refractivity contribution in [3.05, 3.63) is 58.1 Å². The molecule has 2 aromatic carbocycles. The van der Waals surface area contributed by atoms with Crippen LogP contribution in [0.5, 0.6) is 5.75 Å². The van der Waals surface area contributed by atoms with E-state index in [0.29, 0.717) is 30.2 Å². The second-order valence-electron chi connectivity index (χ2n) is 6.85. The molecule has 0 radical (unpaired) electrons. The number of aryl methyl sites for hydroxylation is 1. The van der Waals surface area contributed by atoms with Gasteiger partial charge in [0, 0.05) is 37.3 Å². The maximum Gasteiger partial charge on any atom is 0.271 e. The Bertz CT molecular complexity index is 1070. The molecule has 1 amide bonds. The van der Waals surface area contributed by atoms with E-state index < -0.39 is 14.9 Å². The first-order valence-electron chi connectivity index (χ1n) is 9.60. The molecule has 11 heteroatoms. The van der Waals surface area contributed by atoms with Gasteiger partial charge in [0.15, 0.2) is 0 Å². The fourth-order valence-electron chi connectivity index (χ4n) is 3.22. The molecule has 1 aliphatic rings. The van der Waals surface area contributed by atoms with Crippen LogP contribution in [0, 0.1) is 10.1 Å². The SMILES string of the molecule is COc1ccc(S(=O)(=O)N2CCOCC2)cc1CCC(=O)Nc1cccc([N+](=O)[O-])c1. The van der Waals surface area contributed by atoms with E-state index in [4.69, 9.17) is 9.47 Å². The number of nitro groups is 1. The van der Waals surface area contributed by atoms with Gasteiger partial charge in [-0.25, -0.2) is 8.42 Å². The molecular weight excluding hydrogens is 426 g/mol. The van der Waals surface area contributed by atoms with E-state index in [1.165, 1.54) is 41.7 Å². The van der Waals surface area contributed by atoms with Crippen molar-refractivity contribution in [2.45, 2.75) is 17.7 Å². The lowest BCUT2D eigenvalue weighted by molar-refractivity contribution is -0.384. The van der Waals surface area contributed by atoms with E-state index in [1.807, 2.05) is 0 Å². The molecule has 0 bridgehead atoms. The van der Waals surface area contributed by atoms with Gasteiger partial charge < -0.3 is 14.8 Å². The number of hydrogen-bond acceptors (Lipinski definition) is 7. The molecule has 0 atom stereocenters. The molecule has 1 heterocycles. The van der Waals surface area contributed by atoms with Gasteiger partial charge in [0.1, 0.15) is 5.75 Å². The molecule has 166 valence electrons. The highest BCUT2D eigenvalue weighted by Crippen LogP contribution is 2.26. The third-order valence-electron chi connectivity index (χ3n) is 4.82. The molecule has 31 heavy (non-hydrogen) atoms. The van der Waals surface area contributed by atoms with E-state index in [2.05, 4.69) is 5.32 Å². The molecule has 1 saturated heterocycles. The Kier molecular flexibility index (Phi) is 7.21. The summed E-state index contributed by atoms with van der Waals surface area (Å²) in [4.78, 5) is 22.8. The maximum absolute atomic E-state index is 12.9. The van der Waals surface area contributed by atoms with Crippen molar-refractivity contribution in [2.75, 3.05) is 38.7 Å². The third-order valence-corrected chi connectivity index (χ3v) is 6.72. The summed E-state index contributed by atoms with van der Waals surface area (Å²) in [5.74, 6) is 0.119. The summed E-state index contributed by atoms with van der Waals surface area (Å²) in [5.41, 5.74) is 0.765. The number of carbonyl (C=O) groups is 1. The molecule has 0 aliphatic carbocycles. The average molecular weight is 449 g/mol. The van der Waals surface area contributed by atoms with Crippen LogP contribution in [0.3, 0.4) is 0 Å². The number of nitro benzene ring substituents is 1. The summed E-state index contributed by atoms with van der Waals surface area (Å²) >= 11 is 0. The second-order valence-corrected chi connectivity index (χ2v) is 8.78. The number of hydrogen-bond donors (Lipinski definition) is 1. The fourth-order valence-corrected chi connectivity index (χ4v) is 4.67. The smallest absolute Gasteiger partial charge is 0.271 e. The monoisotopic (exact) mass is 449 g/mol. The summed E-state index contributed by atoms with van der Waals surface area (Å²) in [6, 6.07) is 10.2. The van der Waals surface area contributed by atoms with E-state index >= 15 is 0 Å². The number of rotatable bonds is 8. The Labute approximate surface area is 180 Å². The highest BCUT2D eigenvalue weighted by molar-refractivity contribution is 7.89. The van der Waals surface area contributed by atoms with E-state index in [1.54, 1.807) is 12.1 Å². The van der Waals surface area contributed by atoms with Crippen molar-refractivity contribution in [2.24, 2.45) is 0 Å². The summed E-state index contributed by atoms with van der Waals surface area (Å²) in [5, 5.41) is 13.5. The van der Waals surface area contributed by atoms with E-state index in [-0.39, 0.29) is 42.4 Å². The minimum absolute atomic E-state index is 0.0418. The number of sulfonamides is 1. The number of methoxy groups -OCH3 is 1.